The number of amides is 3. The Morgan fingerprint density at radius 1 is 1.11 bits per heavy atom. The summed E-state index contributed by atoms with van der Waals surface area (Å²) >= 11 is 0. The summed E-state index contributed by atoms with van der Waals surface area (Å²) in [7, 11) is 0. The average Bonchev–Trinajstić information content (AvgIpc) is 2.33. The highest BCUT2D eigenvalue weighted by atomic mass is 16.3. The third-order valence-corrected chi connectivity index (χ3v) is 2.63. The molecule has 4 atom stereocenters. The third-order valence-electron chi connectivity index (χ3n) is 2.63. The Bertz CT molecular complexity index is 357. The molecule has 1 rings (SSSR count). The van der Waals surface area contributed by atoms with Gasteiger partial charge in [0, 0.05) is 0 Å². The molecule has 3 amide bonds. The van der Waals surface area contributed by atoms with Gasteiger partial charge in [0.1, 0.15) is 18.1 Å². The van der Waals surface area contributed by atoms with Gasteiger partial charge in [-0.3, -0.25) is 14.4 Å². The van der Waals surface area contributed by atoms with Gasteiger partial charge < -0.3 is 26.2 Å². The standard InChI is InChI=1S/C10H17N3O5/c1-4-8(16)13-7(5(2)15)10(18)12-6(3-14)9(17)11-4/h4-7,14-15H,3H2,1-2H3,(H,11,17)(H,12,18)(H,13,16)/t4-,5+,6-,7-/m0/s1. The van der Waals surface area contributed by atoms with Crippen LogP contribution in [-0.4, -0.2) is 58.8 Å². The molecule has 5 N–H and O–H groups in total. The maximum atomic E-state index is 11.8. The minimum absolute atomic E-state index is 0.581. The first-order chi connectivity index (χ1) is 8.36. The molecule has 0 aromatic carbocycles. The van der Waals surface area contributed by atoms with Gasteiger partial charge in [0.05, 0.1) is 12.7 Å². The lowest BCUT2D eigenvalue weighted by atomic mass is 10.1. The molecule has 0 aromatic heterocycles. The van der Waals surface area contributed by atoms with Gasteiger partial charge in [-0.15, -0.1) is 0 Å². The van der Waals surface area contributed by atoms with Gasteiger partial charge in [-0.05, 0) is 13.8 Å². The number of carbonyl (C=O) groups is 3. The SMILES string of the molecule is C[C@@H]1NC(=O)[C@H](CO)NC(=O)[C@H]([C@@H](C)O)NC1=O. The number of nitrogens with one attached hydrogen (secondary N) is 3. The Morgan fingerprint density at radius 3 is 2.22 bits per heavy atom. The van der Waals surface area contributed by atoms with E-state index in [1.54, 1.807) is 0 Å². The molecule has 1 saturated heterocycles. The van der Waals surface area contributed by atoms with Gasteiger partial charge >= 0.3 is 0 Å². The third kappa shape index (κ3) is 3.17. The maximum absolute atomic E-state index is 11.8. The van der Waals surface area contributed by atoms with Crippen molar-refractivity contribution in [3.05, 3.63) is 0 Å². The Labute approximate surface area is 104 Å². The van der Waals surface area contributed by atoms with Gasteiger partial charge in [-0.1, -0.05) is 0 Å². The molecule has 102 valence electrons. The van der Waals surface area contributed by atoms with Crippen molar-refractivity contribution in [3.8, 4) is 0 Å². The topological polar surface area (TPSA) is 128 Å². The minimum atomic E-state index is -1.17. The lowest BCUT2D eigenvalue weighted by Gasteiger charge is -2.21. The summed E-state index contributed by atoms with van der Waals surface area (Å²) in [6.45, 7) is 2.19. The molecule has 1 heterocycles. The van der Waals surface area contributed by atoms with Crippen LogP contribution in [-0.2, 0) is 14.4 Å². The fourth-order valence-electron chi connectivity index (χ4n) is 1.52. The molecule has 0 aromatic rings. The highest BCUT2D eigenvalue weighted by Crippen LogP contribution is 1.99. The molecule has 0 radical (unpaired) electrons. The van der Waals surface area contributed by atoms with Crippen LogP contribution in [0, 0.1) is 0 Å². The van der Waals surface area contributed by atoms with Crippen LogP contribution < -0.4 is 16.0 Å². The van der Waals surface area contributed by atoms with E-state index in [2.05, 4.69) is 16.0 Å². The normalized spacial score (nSPS) is 31.3. The number of rotatable bonds is 2. The van der Waals surface area contributed by atoms with Crippen LogP contribution >= 0.6 is 0 Å². The van der Waals surface area contributed by atoms with Crippen molar-refractivity contribution in [2.45, 2.75) is 38.1 Å². The van der Waals surface area contributed by atoms with E-state index < -0.39 is 48.6 Å². The predicted molar refractivity (Wildman–Crippen MR) is 60.2 cm³/mol. The molecule has 18 heavy (non-hydrogen) atoms. The maximum Gasteiger partial charge on any atom is 0.245 e. The molecule has 0 saturated carbocycles. The number of carbonyl (C=O) groups excluding carboxylic acids is 3. The second-order valence-electron chi connectivity index (χ2n) is 4.20. The van der Waals surface area contributed by atoms with Crippen LogP contribution in [0.5, 0.6) is 0 Å². The highest BCUT2D eigenvalue weighted by Gasteiger charge is 2.33. The number of hydrogen-bond acceptors (Lipinski definition) is 5. The van der Waals surface area contributed by atoms with E-state index >= 15 is 0 Å². The molecular weight excluding hydrogens is 242 g/mol. The van der Waals surface area contributed by atoms with Crippen molar-refractivity contribution < 1.29 is 24.6 Å². The van der Waals surface area contributed by atoms with E-state index in [1.807, 2.05) is 0 Å². The Morgan fingerprint density at radius 2 is 1.72 bits per heavy atom. The van der Waals surface area contributed by atoms with Gasteiger partial charge in [0.15, 0.2) is 0 Å². The van der Waals surface area contributed by atoms with Crippen LogP contribution in [0.3, 0.4) is 0 Å². The number of hydrogen-bond donors (Lipinski definition) is 5. The summed E-state index contributed by atoms with van der Waals surface area (Å²) in [5.74, 6) is -1.95. The van der Waals surface area contributed by atoms with E-state index in [0.29, 0.717) is 0 Å². The minimum Gasteiger partial charge on any atom is -0.394 e. The molecule has 1 aliphatic rings. The molecule has 1 aliphatic heterocycles. The molecule has 8 nitrogen and oxygen atoms in total. The molecule has 8 heteroatoms. The summed E-state index contributed by atoms with van der Waals surface area (Å²) < 4.78 is 0. The summed E-state index contributed by atoms with van der Waals surface area (Å²) in [4.78, 5) is 35.0. The van der Waals surface area contributed by atoms with Gasteiger partial charge in [-0.25, -0.2) is 0 Å². The van der Waals surface area contributed by atoms with Crippen molar-refractivity contribution in [1.82, 2.24) is 16.0 Å². The quantitative estimate of drug-likeness (QED) is 0.358. The zero-order valence-corrected chi connectivity index (χ0v) is 10.1. The average molecular weight is 259 g/mol. The van der Waals surface area contributed by atoms with E-state index in [4.69, 9.17) is 5.11 Å². The highest BCUT2D eigenvalue weighted by molar-refractivity contribution is 5.97. The molecule has 0 aliphatic carbocycles. The van der Waals surface area contributed by atoms with Gasteiger partial charge in [-0.2, -0.15) is 0 Å². The van der Waals surface area contributed by atoms with Crippen LogP contribution in [0.15, 0.2) is 0 Å². The second-order valence-corrected chi connectivity index (χ2v) is 4.20. The van der Waals surface area contributed by atoms with Gasteiger partial charge in [0.2, 0.25) is 17.7 Å². The second kappa shape index (κ2) is 5.78. The monoisotopic (exact) mass is 259 g/mol. The molecule has 0 spiro atoms. The molecular formula is C10H17N3O5. The summed E-state index contributed by atoms with van der Waals surface area (Å²) in [5, 5.41) is 25.4. The van der Waals surface area contributed by atoms with Crippen LogP contribution in [0.1, 0.15) is 13.8 Å². The fourth-order valence-corrected chi connectivity index (χ4v) is 1.52. The summed E-state index contributed by atoms with van der Waals surface area (Å²) in [5.41, 5.74) is 0. The van der Waals surface area contributed by atoms with Crippen molar-refractivity contribution in [2.24, 2.45) is 0 Å². The molecule has 1 fully saturated rings. The van der Waals surface area contributed by atoms with Crippen LogP contribution in [0.25, 0.3) is 0 Å². The van der Waals surface area contributed by atoms with Gasteiger partial charge in [0.25, 0.3) is 0 Å². The smallest absolute Gasteiger partial charge is 0.245 e. The Kier molecular flexibility index (Phi) is 4.62. The van der Waals surface area contributed by atoms with Crippen LogP contribution in [0.4, 0.5) is 0 Å². The fraction of sp³-hybridized carbons (Fsp3) is 0.700. The summed E-state index contributed by atoms with van der Waals surface area (Å²) in [6.07, 6.45) is -1.12. The number of aliphatic hydroxyl groups excluding tert-OH is 2. The van der Waals surface area contributed by atoms with E-state index in [1.165, 1.54) is 13.8 Å². The zero-order chi connectivity index (χ0) is 13.9. The first-order valence-corrected chi connectivity index (χ1v) is 5.57. The van der Waals surface area contributed by atoms with Crippen LogP contribution in [0.2, 0.25) is 0 Å². The lowest BCUT2D eigenvalue weighted by molar-refractivity contribution is -0.132. The first kappa shape index (κ1) is 14.4. The first-order valence-electron chi connectivity index (χ1n) is 5.57. The number of aliphatic hydroxyl groups is 2. The van der Waals surface area contributed by atoms with Crippen molar-refractivity contribution in [3.63, 3.8) is 0 Å². The van der Waals surface area contributed by atoms with Crippen molar-refractivity contribution >= 4 is 17.7 Å². The van der Waals surface area contributed by atoms with E-state index in [-0.39, 0.29) is 0 Å². The summed E-state index contributed by atoms with van der Waals surface area (Å²) in [6, 6.07) is -3.17. The largest absolute Gasteiger partial charge is 0.394 e. The zero-order valence-electron chi connectivity index (χ0n) is 10.1. The van der Waals surface area contributed by atoms with E-state index in [9.17, 15) is 19.5 Å². The van der Waals surface area contributed by atoms with Crippen molar-refractivity contribution in [2.75, 3.05) is 6.61 Å². The predicted octanol–water partition coefficient (Wildman–Crippen LogP) is -3.15. The lowest BCUT2D eigenvalue weighted by Crippen LogP contribution is -2.55. The van der Waals surface area contributed by atoms with E-state index in [0.717, 1.165) is 0 Å². The molecule has 0 unspecified atom stereocenters. The Balaban J connectivity index is 2.99. The van der Waals surface area contributed by atoms with Crippen molar-refractivity contribution in [1.29, 1.82) is 0 Å². The Hall–Kier alpha value is -1.67. The molecule has 0 bridgehead atoms.